The van der Waals surface area contributed by atoms with Gasteiger partial charge in [-0.2, -0.15) is 0 Å². The van der Waals surface area contributed by atoms with Gasteiger partial charge >= 0.3 is 0 Å². The second-order valence-corrected chi connectivity index (χ2v) is 5.81. The Kier molecular flexibility index (Phi) is 6.46. The van der Waals surface area contributed by atoms with Gasteiger partial charge in [0.1, 0.15) is 5.82 Å². The number of halogens is 1. The van der Waals surface area contributed by atoms with E-state index in [1.807, 2.05) is 12.1 Å². The Bertz CT molecular complexity index is 356. The highest BCUT2D eigenvalue weighted by Gasteiger charge is 2.14. The van der Waals surface area contributed by atoms with E-state index in [2.05, 4.69) is 33.0 Å². The molecule has 0 aromatic heterocycles. The predicted octanol–water partition coefficient (Wildman–Crippen LogP) is 3.72. The Balaban J connectivity index is 2.58. The molecule has 0 fully saturated rings. The number of hydrogen-bond acceptors (Lipinski definition) is 2. The zero-order valence-corrected chi connectivity index (χ0v) is 12.5. The first-order valence-corrected chi connectivity index (χ1v) is 7.02. The minimum absolute atomic E-state index is 0.106. The van der Waals surface area contributed by atoms with Crippen LogP contribution in [0.25, 0.3) is 0 Å². The Morgan fingerprint density at radius 3 is 2.37 bits per heavy atom. The highest BCUT2D eigenvalue weighted by atomic mass is 19.1. The third kappa shape index (κ3) is 6.69. The second-order valence-electron chi connectivity index (χ2n) is 5.81. The van der Waals surface area contributed by atoms with Crippen LogP contribution >= 0.6 is 0 Å². The molecule has 0 heterocycles. The zero-order chi connectivity index (χ0) is 14.3. The summed E-state index contributed by atoms with van der Waals surface area (Å²) in [4.78, 5) is 0. The van der Waals surface area contributed by atoms with E-state index in [-0.39, 0.29) is 11.4 Å². The van der Waals surface area contributed by atoms with Crippen LogP contribution in [0.2, 0.25) is 0 Å². The fourth-order valence-electron chi connectivity index (χ4n) is 1.95. The first-order chi connectivity index (χ1) is 8.92. The lowest BCUT2D eigenvalue weighted by Gasteiger charge is -2.23. The van der Waals surface area contributed by atoms with Gasteiger partial charge in [0.05, 0.1) is 5.60 Å². The molecule has 0 aliphatic rings. The summed E-state index contributed by atoms with van der Waals surface area (Å²) in [5, 5.41) is 3.36. The molecular formula is C16H26FNO. The largest absolute Gasteiger partial charge is 0.376 e. The van der Waals surface area contributed by atoms with Crippen molar-refractivity contribution in [3.8, 4) is 0 Å². The van der Waals surface area contributed by atoms with E-state index in [9.17, 15) is 4.39 Å². The van der Waals surface area contributed by atoms with Crippen molar-refractivity contribution in [2.75, 3.05) is 19.7 Å². The molecule has 0 bridgehead atoms. The fourth-order valence-corrected chi connectivity index (χ4v) is 1.95. The van der Waals surface area contributed by atoms with Crippen molar-refractivity contribution in [1.82, 2.24) is 5.32 Å². The van der Waals surface area contributed by atoms with Crippen LogP contribution in [0.15, 0.2) is 24.3 Å². The Morgan fingerprint density at radius 2 is 1.84 bits per heavy atom. The van der Waals surface area contributed by atoms with Gasteiger partial charge < -0.3 is 10.1 Å². The van der Waals surface area contributed by atoms with Crippen LogP contribution in [0.5, 0.6) is 0 Å². The van der Waals surface area contributed by atoms with Crippen LogP contribution in [0, 0.1) is 5.82 Å². The van der Waals surface area contributed by atoms with Crippen LogP contribution in [-0.2, 0) is 4.74 Å². The minimum Gasteiger partial charge on any atom is -0.376 e. The standard InChI is InChI=1S/C16H26FNO/c1-5-18-12-14(10-11-19-16(2,3)4)13-6-8-15(17)9-7-13/h6-9,14,18H,5,10-12H2,1-4H3. The van der Waals surface area contributed by atoms with Crippen LogP contribution in [0.4, 0.5) is 4.39 Å². The average Bonchev–Trinajstić information content (AvgIpc) is 2.33. The maximum absolute atomic E-state index is 13.0. The molecule has 1 rings (SSSR count). The van der Waals surface area contributed by atoms with Gasteiger partial charge in [-0.1, -0.05) is 19.1 Å². The molecule has 0 aliphatic heterocycles. The van der Waals surface area contributed by atoms with Crippen LogP contribution in [0.1, 0.15) is 45.6 Å². The number of likely N-dealkylation sites (N-methyl/N-ethyl adjacent to an activating group) is 1. The smallest absolute Gasteiger partial charge is 0.123 e. The normalized spacial score (nSPS) is 13.5. The molecule has 108 valence electrons. The van der Waals surface area contributed by atoms with Crippen molar-refractivity contribution < 1.29 is 9.13 Å². The first-order valence-electron chi connectivity index (χ1n) is 7.02. The molecule has 1 unspecified atom stereocenters. The van der Waals surface area contributed by atoms with E-state index in [0.29, 0.717) is 5.92 Å². The molecule has 2 nitrogen and oxygen atoms in total. The van der Waals surface area contributed by atoms with Crippen molar-refractivity contribution >= 4 is 0 Å². The Hall–Kier alpha value is -0.930. The molecule has 3 heteroatoms. The third-order valence-corrected chi connectivity index (χ3v) is 2.98. The number of benzene rings is 1. The maximum atomic E-state index is 13.0. The average molecular weight is 267 g/mol. The summed E-state index contributed by atoms with van der Waals surface area (Å²) in [6.45, 7) is 10.8. The van der Waals surface area contributed by atoms with E-state index in [4.69, 9.17) is 4.74 Å². The quantitative estimate of drug-likeness (QED) is 0.813. The van der Waals surface area contributed by atoms with Crippen molar-refractivity contribution in [3.05, 3.63) is 35.6 Å². The Labute approximate surface area is 116 Å². The van der Waals surface area contributed by atoms with Crippen molar-refractivity contribution in [2.45, 2.75) is 45.6 Å². The van der Waals surface area contributed by atoms with E-state index in [1.165, 1.54) is 17.7 Å². The Morgan fingerprint density at radius 1 is 1.21 bits per heavy atom. The third-order valence-electron chi connectivity index (χ3n) is 2.98. The maximum Gasteiger partial charge on any atom is 0.123 e. The summed E-state index contributed by atoms with van der Waals surface area (Å²) in [6.07, 6.45) is 0.940. The lowest BCUT2D eigenvalue weighted by Crippen LogP contribution is -2.25. The topological polar surface area (TPSA) is 21.3 Å². The van der Waals surface area contributed by atoms with E-state index >= 15 is 0 Å². The van der Waals surface area contributed by atoms with Gasteiger partial charge in [-0.3, -0.25) is 0 Å². The van der Waals surface area contributed by atoms with Crippen LogP contribution in [-0.4, -0.2) is 25.3 Å². The number of hydrogen-bond donors (Lipinski definition) is 1. The van der Waals surface area contributed by atoms with Gasteiger partial charge in [-0.15, -0.1) is 0 Å². The van der Waals surface area contributed by atoms with Gasteiger partial charge in [0, 0.05) is 13.2 Å². The van der Waals surface area contributed by atoms with Gasteiger partial charge in [0.2, 0.25) is 0 Å². The summed E-state index contributed by atoms with van der Waals surface area (Å²) in [5.41, 5.74) is 1.06. The molecule has 0 spiro atoms. The van der Waals surface area contributed by atoms with Gasteiger partial charge in [-0.25, -0.2) is 4.39 Å². The van der Waals surface area contributed by atoms with Gasteiger partial charge in [0.25, 0.3) is 0 Å². The lowest BCUT2D eigenvalue weighted by molar-refractivity contribution is -0.00622. The second kappa shape index (κ2) is 7.61. The highest BCUT2D eigenvalue weighted by Crippen LogP contribution is 2.20. The summed E-state index contributed by atoms with van der Waals surface area (Å²) >= 11 is 0. The van der Waals surface area contributed by atoms with Crippen LogP contribution in [0.3, 0.4) is 0 Å². The van der Waals surface area contributed by atoms with Crippen molar-refractivity contribution in [1.29, 1.82) is 0 Å². The molecule has 19 heavy (non-hydrogen) atoms. The van der Waals surface area contributed by atoms with Gasteiger partial charge in [-0.05, 0) is 57.4 Å². The fraction of sp³-hybridized carbons (Fsp3) is 0.625. The van der Waals surface area contributed by atoms with Crippen molar-refractivity contribution in [2.24, 2.45) is 0 Å². The van der Waals surface area contributed by atoms with Gasteiger partial charge in [0.15, 0.2) is 0 Å². The van der Waals surface area contributed by atoms with E-state index in [0.717, 1.165) is 26.1 Å². The summed E-state index contributed by atoms with van der Waals surface area (Å²) in [7, 11) is 0. The molecule has 0 radical (unpaired) electrons. The molecule has 0 saturated heterocycles. The predicted molar refractivity (Wildman–Crippen MR) is 78.0 cm³/mol. The van der Waals surface area contributed by atoms with Crippen LogP contribution < -0.4 is 5.32 Å². The van der Waals surface area contributed by atoms with E-state index < -0.39 is 0 Å². The highest BCUT2D eigenvalue weighted by molar-refractivity contribution is 5.20. The summed E-state index contributed by atoms with van der Waals surface area (Å²) in [5.74, 6) is 0.180. The molecule has 0 aliphatic carbocycles. The molecule has 0 amide bonds. The molecule has 1 aromatic rings. The number of nitrogens with one attached hydrogen (secondary N) is 1. The lowest BCUT2D eigenvalue weighted by atomic mass is 9.96. The number of rotatable bonds is 7. The molecule has 1 atom stereocenters. The zero-order valence-electron chi connectivity index (χ0n) is 12.5. The summed E-state index contributed by atoms with van der Waals surface area (Å²) in [6, 6.07) is 6.79. The SMILES string of the molecule is CCNCC(CCOC(C)(C)C)c1ccc(F)cc1. The monoisotopic (exact) mass is 267 g/mol. The number of ether oxygens (including phenoxy) is 1. The minimum atomic E-state index is -0.183. The van der Waals surface area contributed by atoms with Crippen molar-refractivity contribution in [3.63, 3.8) is 0 Å². The molecule has 1 aromatic carbocycles. The summed E-state index contributed by atoms with van der Waals surface area (Å²) < 4.78 is 18.8. The molecule has 0 saturated carbocycles. The first kappa shape index (κ1) is 16.1. The van der Waals surface area contributed by atoms with E-state index in [1.54, 1.807) is 0 Å². The molecular weight excluding hydrogens is 241 g/mol. The molecule has 1 N–H and O–H groups in total.